The van der Waals surface area contributed by atoms with Crippen molar-refractivity contribution in [1.82, 2.24) is 14.7 Å². The van der Waals surface area contributed by atoms with Crippen molar-refractivity contribution in [3.8, 4) is 0 Å². The molecule has 3 nitrogen and oxygen atoms in total. The van der Waals surface area contributed by atoms with Crippen LogP contribution in [-0.4, -0.2) is 33.1 Å². The lowest BCUT2D eigenvalue weighted by atomic mass is 9.99. The van der Waals surface area contributed by atoms with E-state index in [-0.39, 0.29) is 0 Å². The lowest BCUT2D eigenvalue weighted by Crippen LogP contribution is -2.39. The normalized spacial score (nSPS) is 25.6. The van der Waals surface area contributed by atoms with Crippen LogP contribution in [0.4, 0.5) is 0 Å². The van der Waals surface area contributed by atoms with E-state index in [4.69, 9.17) is 23.2 Å². The van der Waals surface area contributed by atoms with Crippen molar-refractivity contribution in [3.63, 3.8) is 0 Å². The van der Waals surface area contributed by atoms with Crippen molar-refractivity contribution in [2.75, 3.05) is 13.1 Å². The lowest BCUT2D eigenvalue weighted by molar-refractivity contribution is 0.175. The summed E-state index contributed by atoms with van der Waals surface area (Å²) < 4.78 is 2.01. The largest absolute Gasteiger partial charge is 0.297 e. The maximum atomic E-state index is 6.34. The maximum Gasteiger partial charge on any atom is 0.0860 e. The minimum Gasteiger partial charge on any atom is -0.297 e. The molecule has 2 atom stereocenters. The highest BCUT2D eigenvalue weighted by Gasteiger charge is 2.25. The first-order valence-corrected chi connectivity index (χ1v) is 7.42. The van der Waals surface area contributed by atoms with E-state index < -0.39 is 0 Å². The first kappa shape index (κ1) is 14.2. The molecule has 2 unspecified atom stereocenters. The van der Waals surface area contributed by atoms with Crippen LogP contribution in [0.2, 0.25) is 5.02 Å². The van der Waals surface area contributed by atoms with E-state index in [1.807, 2.05) is 11.6 Å². The standard InChI is InChI=1S/C13H21Cl2N3/c1-4-18-12(13(15)10(3)16-18)8-17-6-5-11(14)9(2)7-17/h9,11H,4-8H2,1-3H3. The van der Waals surface area contributed by atoms with Crippen molar-refractivity contribution in [1.29, 1.82) is 0 Å². The quantitative estimate of drug-likeness (QED) is 0.796. The average molecular weight is 290 g/mol. The van der Waals surface area contributed by atoms with Crippen LogP contribution in [0.3, 0.4) is 0 Å². The molecule has 5 heteroatoms. The van der Waals surface area contributed by atoms with Crippen molar-refractivity contribution in [2.24, 2.45) is 5.92 Å². The molecule has 1 aliphatic rings. The summed E-state index contributed by atoms with van der Waals surface area (Å²) in [6, 6.07) is 0. The zero-order valence-electron chi connectivity index (χ0n) is 11.3. The predicted molar refractivity (Wildman–Crippen MR) is 76.3 cm³/mol. The Labute approximate surface area is 119 Å². The van der Waals surface area contributed by atoms with Gasteiger partial charge in [-0.05, 0) is 32.7 Å². The Kier molecular flexibility index (Phi) is 4.57. The van der Waals surface area contributed by atoms with Gasteiger partial charge in [-0.1, -0.05) is 18.5 Å². The van der Waals surface area contributed by atoms with Gasteiger partial charge in [0.05, 0.1) is 16.4 Å². The van der Waals surface area contributed by atoms with Crippen LogP contribution in [-0.2, 0) is 13.1 Å². The van der Waals surface area contributed by atoms with Crippen LogP contribution in [0.1, 0.15) is 31.7 Å². The van der Waals surface area contributed by atoms with Gasteiger partial charge in [0.2, 0.25) is 0 Å². The smallest absolute Gasteiger partial charge is 0.0860 e. The molecule has 0 spiro atoms. The minimum atomic E-state index is 0.314. The first-order chi connectivity index (χ1) is 8.52. The molecule has 1 saturated heterocycles. The van der Waals surface area contributed by atoms with E-state index in [2.05, 4.69) is 23.8 Å². The summed E-state index contributed by atoms with van der Waals surface area (Å²) >= 11 is 12.6. The van der Waals surface area contributed by atoms with E-state index >= 15 is 0 Å². The van der Waals surface area contributed by atoms with Gasteiger partial charge in [0.25, 0.3) is 0 Å². The van der Waals surface area contributed by atoms with Crippen molar-refractivity contribution >= 4 is 23.2 Å². The number of alkyl halides is 1. The van der Waals surface area contributed by atoms with Crippen molar-refractivity contribution in [2.45, 2.75) is 45.7 Å². The van der Waals surface area contributed by atoms with E-state index in [9.17, 15) is 0 Å². The summed E-state index contributed by atoms with van der Waals surface area (Å²) in [7, 11) is 0. The molecule has 0 radical (unpaired) electrons. The Morgan fingerprint density at radius 2 is 2.17 bits per heavy atom. The molecule has 0 aliphatic carbocycles. The van der Waals surface area contributed by atoms with Crippen LogP contribution in [0.25, 0.3) is 0 Å². The van der Waals surface area contributed by atoms with Crippen LogP contribution in [0.5, 0.6) is 0 Å². The van der Waals surface area contributed by atoms with Gasteiger partial charge in [-0.2, -0.15) is 5.10 Å². The van der Waals surface area contributed by atoms with Gasteiger partial charge in [0.1, 0.15) is 0 Å². The summed E-state index contributed by atoms with van der Waals surface area (Å²) in [4.78, 5) is 2.43. The number of rotatable bonds is 3. The number of likely N-dealkylation sites (tertiary alicyclic amines) is 1. The topological polar surface area (TPSA) is 21.1 Å². The second kappa shape index (κ2) is 5.81. The summed E-state index contributed by atoms with van der Waals surface area (Å²) in [5, 5.41) is 5.59. The molecule has 18 heavy (non-hydrogen) atoms. The zero-order valence-corrected chi connectivity index (χ0v) is 12.8. The minimum absolute atomic E-state index is 0.314. The number of halogens is 2. The molecule has 2 heterocycles. The van der Waals surface area contributed by atoms with Gasteiger partial charge in [-0.25, -0.2) is 0 Å². The average Bonchev–Trinajstić information content (AvgIpc) is 2.61. The van der Waals surface area contributed by atoms with Gasteiger partial charge in [-0.15, -0.1) is 11.6 Å². The summed E-state index contributed by atoms with van der Waals surface area (Å²) in [6.07, 6.45) is 1.06. The SMILES string of the molecule is CCn1nc(C)c(Cl)c1CN1CCC(Cl)C(C)C1. The second-order valence-electron chi connectivity index (χ2n) is 5.18. The Balaban J connectivity index is 2.10. The Morgan fingerprint density at radius 1 is 1.44 bits per heavy atom. The number of aryl methyl sites for hydroxylation is 2. The lowest BCUT2D eigenvalue weighted by Gasteiger charge is -2.34. The highest BCUT2D eigenvalue weighted by molar-refractivity contribution is 6.31. The van der Waals surface area contributed by atoms with Crippen LogP contribution in [0.15, 0.2) is 0 Å². The molecule has 0 aromatic carbocycles. The fraction of sp³-hybridized carbons (Fsp3) is 0.769. The van der Waals surface area contributed by atoms with E-state index in [0.29, 0.717) is 11.3 Å². The third kappa shape index (κ3) is 2.84. The maximum absolute atomic E-state index is 6.34. The highest BCUT2D eigenvalue weighted by Crippen LogP contribution is 2.26. The van der Waals surface area contributed by atoms with Crippen LogP contribution < -0.4 is 0 Å². The number of aromatic nitrogens is 2. The Bertz CT molecular complexity index is 417. The zero-order chi connectivity index (χ0) is 13.3. The number of piperidine rings is 1. The van der Waals surface area contributed by atoms with Crippen LogP contribution in [0, 0.1) is 12.8 Å². The fourth-order valence-electron chi connectivity index (χ4n) is 2.58. The van der Waals surface area contributed by atoms with E-state index in [1.165, 1.54) is 0 Å². The van der Waals surface area contributed by atoms with E-state index in [0.717, 1.165) is 49.0 Å². The molecule has 1 aromatic rings. The van der Waals surface area contributed by atoms with E-state index in [1.54, 1.807) is 0 Å². The third-order valence-electron chi connectivity index (χ3n) is 3.71. The molecule has 102 valence electrons. The molecule has 2 rings (SSSR count). The molecular formula is C13H21Cl2N3. The van der Waals surface area contributed by atoms with Gasteiger partial charge < -0.3 is 0 Å². The van der Waals surface area contributed by atoms with Crippen molar-refractivity contribution < 1.29 is 0 Å². The highest BCUT2D eigenvalue weighted by atomic mass is 35.5. The second-order valence-corrected chi connectivity index (χ2v) is 6.12. The first-order valence-electron chi connectivity index (χ1n) is 6.61. The summed E-state index contributed by atoms with van der Waals surface area (Å²) in [5.74, 6) is 0.540. The van der Waals surface area contributed by atoms with Crippen molar-refractivity contribution in [3.05, 3.63) is 16.4 Å². The molecule has 1 fully saturated rings. The fourth-order valence-corrected chi connectivity index (χ4v) is 2.95. The van der Waals surface area contributed by atoms with Gasteiger partial charge in [-0.3, -0.25) is 9.58 Å². The number of hydrogen-bond donors (Lipinski definition) is 0. The molecule has 0 bridgehead atoms. The Hall–Kier alpha value is -0.250. The van der Waals surface area contributed by atoms with Crippen LogP contribution >= 0.6 is 23.2 Å². The Morgan fingerprint density at radius 3 is 2.78 bits per heavy atom. The van der Waals surface area contributed by atoms with Gasteiger partial charge >= 0.3 is 0 Å². The summed E-state index contributed by atoms with van der Waals surface area (Å²) in [5.41, 5.74) is 2.06. The molecule has 0 saturated carbocycles. The summed E-state index contributed by atoms with van der Waals surface area (Å²) in [6.45, 7) is 10.1. The van der Waals surface area contributed by atoms with Gasteiger partial charge in [0.15, 0.2) is 0 Å². The molecule has 1 aliphatic heterocycles. The number of nitrogens with zero attached hydrogens (tertiary/aromatic N) is 3. The third-order valence-corrected chi connectivity index (χ3v) is 4.85. The molecular weight excluding hydrogens is 269 g/mol. The molecule has 1 aromatic heterocycles. The molecule has 0 N–H and O–H groups in total. The monoisotopic (exact) mass is 289 g/mol. The van der Waals surface area contributed by atoms with Gasteiger partial charge in [0, 0.05) is 25.0 Å². The molecule has 0 amide bonds. The predicted octanol–water partition coefficient (Wildman–Crippen LogP) is 3.31. The number of hydrogen-bond acceptors (Lipinski definition) is 2.